The number of carbonyl (C=O) groups excluding carboxylic acids is 1. The summed E-state index contributed by atoms with van der Waals surface area (Å²) in [5.74, 6) is -0.327. The highest BCUT2D eigenvalue weighted by Gasteiger charge is 2.23. The second-order valence-corrected chi connectivity index (χ2v) is 4.13. The molecule has 0 bridgehead atoms. The molecular formula is C14H16N2O2. The standard InChI is InChI=1S/C14H16N2O2/c1-14(11-15,9-8-13(17)18-2)16-10-12-6-4-3-5-7-12/h3-7,10H,8-9H2,1-2H3. The van der Waals surface area contributed by atoms with Crippen molar-refractivity contribution in [1.82, 2.24) is 0 Å². The minimum atomic E-state index is -0.899. The topological polar surface area (TPSA) is 62.5 Å². The number of hydrogen-bond donors (Lipinski definition) is 0. The summed E-state index contributed by atoms with van der Waals surface area (Å²) >= 11 is 0. The highest BCUT2D eigenvalue weighted by Crippen LogP contribution is 2.17. The number of aliphatic imine (C=N–C) groups is 1. The van der Waals surface area contributed by atoms with Gasteiger partial charge in [-0.05, 0) is 18.9 Å². The third-order valence-electron chi connectivity index (χ3n) is 2.58. The number of hydrogen-bond acceptors (Lipinski definition) is 4. The van der Waals surface area contributed by atoms with Crippen LogP contribution in [0.3, 0.4) is 0 Å². The van der Waals surface area contributed by atoms with Gasteiger partial charge >= 0.3 is 5.97 Å². The second-order valence-electron chi connectivity index (χ2n) is 4.13. The summed E-state index contributed by atoms with van der Waals surface area (Å²) in [6.07, 6.45) is 2.19. The van der Waals surface area contributed by atoms with Gasteiger partial charge in [0.15, 0.2) is 0 Å². The summed E-state index contributed by atoms with van der Waals surface area (Å²) in [6, 6.07) is 11.7. The molecule has 0 aliphatic rings. The Labute approximate surface area is 107 Å². The van der Waals surface area contributed by atoms with Crippen LogP contribution in [0.2, 0.25) is 0 Å². The number of benzene rings is 1. The maximum atomic E-state index is 11.1. The van der Waals surface area contributed by atoms with Crippen LogP contribution in [-0.4, -0.2) is 24.8 Å². The lowest BCUT2D eigenvalue weighted by Crippen LogP contribution is -2.21. The van der Waals surface area contributed by atoms with E-state index in [1.165, 1.54) is 7.11 Å². The molecule has 0 spiro atoms. The van der Waals surface area contributed by atoms with Crippen LogP contribution in [0.4, 0.5) is 0 Å². The molecule has 0 saturated carbocycles. The fourth-order valence-electron chi connectivity index (χ4n) is 1.35. The van der Waals surface area contributed by atoms with Gasteiger partial charge in [0, 0.05) is 12.6 Å². The Kier molecular flexibility index (Phi) is 5.06. The average Bonchev–Trinajstić information content (AvgIpc) is 2.43. The highest BCUT2D eigenvalue weighted by atomic mass is 16.5. The first kappa shape index (κ1) is 13.9. The SMILES string of the molecule is COC(=O)CCC(C)(C#N)N=Cc1ccccc1. The van der Waals surface area contributed by atoms with Gasteiger partial charge in [-0.3, -0.25) is 9.79 Å². The molecule has 0 N–H and O–H groups in total. The molecule has 18 heavy (non-hydrogen) atoms. The molecular weight excluding hydrogens is 228 g/mol. The van der Waals surface area contributed by atoms with Crippen LogP contribution in [-0.2, 0) is 9.53 Å². The molecule has 94 valence electrons. The maximum Gasteiger partial charge on any atom is 0.305 e. The van der Waals surface area contributed by atoms with Crippen molar-refractivity contribution in [3.05, 3.63) is 35.9 Å². The van der Waals surface area contributed by atoms with E-state index < -0.39 is 5.54 Å². The van der Waals surface area contributed by atoms with Gasteiger partial charge in [0.2, 0.25) is 0 Å². The van der Waals surface area contributed by atoms with Gasteiger partial charge in [0.1, 0.15) is 5.54 Å². The molecule has 0 heterocycles. The van der Waals surface area contributed by atoms with E-state index in [2.05, 4.69) is 15.8 Å². The second kappa shape index (κ2) is 6.55. The summed E-state index contributed by atoms with van der Waals surface area (Å²) < 4.78 is 4.55. The minimum absolute atomic E-state index is 0.187. The van der Waals surface area contributed by atoms with E-state index in [1.807, 2.05) is 30.3 Å². The van der Waals surface area contributed by atoms with Crippen LogP contribution in [0.15, 0.2) is 35.3 Å². The Balaban J connectivity index is 2.68. The molecule has 1 unspecified atom stereocenters. The Morgan fingerprint density at radius 1 is 1.50 bits per heavy atom. The largest absolute Gasteiger partial charge is 0.469 e. The van der Waals surface area contributed by atoms with E-state index in [4.69, 9.17) is 5.26 Å². The average molecular weight is 244 g/mol. The van der Waals surface area contributed by atoms with Crippen molar-refractivity contribution >= 4 is 12.2 Å². The van der Waals surface area contributed by atoms with Gasteiger partial charge in [-0.1, -0.05) is 30.3 Å². The lowest BCUT2D eigenvalue weighted by Gasteiger charge is -2.15. The first-order chi connectivity index (χ1) is 8.59. The first-order valence-electron chi connectivity index (χ1n) is 5.68. The van der Waals surface area contributed by atoms with Crippen LogP contribution in [0.5, 0.6) is 0 Å². The number of nitriles is 1. The molecule has 0 aromatic heterocycles. The van der Waals surface area contributed by atoms with E-state index >= 15 is 0 Å². The fourth-order valence-corrected chi connectivity index (χ4v) is 1.35. The van der Waals surface area contributed by atoms with E-state index in [9.17, 15) is 4.79 Å². The van der Waals surface area contributed by atoms with E-state index in [0.717, 1.165) is 5.56 Å². The highest BCUT2D eigenvalue weighted by molar-refractivity contribution is 5.80. The van der Waals surface area contributed by atoms with Gasteiger partial charge < -0.3 is 4.74 Å². The smallest absolute Gasteiger partial charge is 0.305 e. The Morgan fingerprint density at radius 3 is 2.72 bits per heavy atom. The molecule has 0 aliphatic heterocycles. The maximum absolute atomic E-state index is 11.1. The molecule has 4 nitrogen and oxygen atoms in total. The molecule has 0 amide bonds. The molecule has 0 aliphatic carbocycles. The molecule has 1 rings (SSSR count). The van der Waals surface area contributed by atoms with Gasteiger partial charge in [-0.2, -0.15) is 5.26 Å². The normalized spacial score (nSPS) is 13.8. The number of esters is 1. The summed E-state index contributed by atoms with van der Waals surface area (Å²) in [5, 5.41) is 9.13. The van der Waals surface area contributed by atoms with Crippen molar-refractivity contribution in [2.45, 2.75) is 25.3 Å². The predicted octanol–water partition coefficient (Wildman–Crippen LogP) is 2.34. The lowest BCUT2D eigenvalue weighted by atomic mass is 9.98. The lowest BCUT2D eigenvalue weighted by molar-refractivity contribution is -0.140. The molecule has 1 aromatic carbocycles. The summed E-state index contributed by atoms with van der Waals surface area (Å²) in [7, 11) is 1.33. The monoisotopic (exact) mass is 244 g/mol. The van der Waals surface area contributed by atoms with Crippen LogP contribution in [0, 0.1) is 11.3 Å². The van der Waals surface area contributed by atoms with Crippen LogP contribution < -0.4 is 0 Å². The number of ether oxygens (including phenoxy) is 1. The summed E-state index contributed by atoms with van der Waals surface area (Å²) in [4.78, 5) is 15.3. The van der Waals surface area contributed by atoms with Gasteiger partial charge in [0.25, 0.3) is 0 Å². The van der Waals surface area contributed by atoms with Gasteiger partial charge in [-0.25, -0.2) is 0 Å². The Morgan fingerprint density at radius 2 is 2.17 bits per heavy atom. The van der Waals surface area contributed by atoms with Crippen LogP contribution >= 0.6 is 0 Å². The molecule has 0 radical (unpaired) electrons. The molecule has 1 atom stereocenters. The predicted molar refractivity (Wildman–Crippen MR) is 69.3 cm³/mol. The van der Waals surface area contributed by atoms with E-state index in [0.29, 0.717) is 6.42 Å². The first-order valence-corrected chi connectivity index (χ1v) is 5.68. The van der Waals surface area contributed by atoms with Crippen molar-refractivity contribution < 1.29 is 9.53 Å². The fraction of sp³-hybridized carbons (Fsp3) is 0.357. The number of carbonyl (C=O) groups is 1. The van der Waals surface area contributed by atoms with E-state index in [-0.39, 0.29) is 12.4 Å². The van der Waals surface area contributed by atoms with Crippen LogP contribution in [0.1, 0.15) is 25.3 Å². The minimum Gasteiger partial charge on any atom is -0.469 e. The molecule has 4 heteroatoms. The van der Waals surface area contributed by atoms with Crippen molar-refractivity contribution in [2.24, 2.45) is 4.99 Å². The quantitative estimate of drug-likeness (QED) is 0.590. The number of rotatable bonds is 5. The molecule has 0 saturated heterocycles. The van der Waals surface area contributed by atoms with Crippen LogP contribution in [0.25, 0.3) is 0 Å². The van der Waals surface area contributed by atoms with E-state index in [1.54, 1.807) is 13.1 Å². The van der Waals surface area contributed by atoms with Crippen molar-refractivity contribution in [2.75, 3.05) is 7.11 Å². The van der Waals surface area contributed by atoms with Crippen molar-refractivity contribution in [3.8, 4) is 6.07 Å². The van der Waals surface area contributed by atoms with Crippen molar-refractivity contribution in [1.29, 1.82) is 5.26 Å². The third kappa shape index (κ3) is 4.38. The van der Waals surface area contributed by atoms with Gasteiger partial charge in [0.05, 0.1) is 13.2 Å². The summed E-state index contributed by atoms with van der Waals surface area (Å²) in [6.45, 7) is 1.70. The Hall–Kier alpha value is -2.15. The number of methoxy groups -OCH3 is 1. The zero-order chi connectivity index (χ0) is 13.4. The third-order valence-corrected chi connectivity index (χ3v) is 2.58. The van der Waals surface area contributed by atoms with Crippen molar-refractivity contribution in [3.63, 3.8) is 0 Å². The number of nitrogens with zero attached hydrogens (tertiary/aromatic N) is 2. The molecule has 1 aromatic rings. The Bertz CT molecular complexity index is 462. The van der Waals surface area contributed by atoms with Gasteiger partial charge in [-0.15, -0.1) is 0 Å². The molecule has 0 fully saturated rings. The zero-order valence-electron chi connectivity index (χ0n) is 10.6. The zero-order valence-corrected chi connectivity index (χ0v) is 10.6. The summed E-state index contributed by atoms with van der Waals surface area (Å²) in [5.41, 5.74) is 0.0290.